The maximum absolute atomic E-state index is 6.32. The van der Waals surface area contributed by atoms with E-state index in [0.717, 1.165) is 12.5 Å². The highest BCUT2D eigenvalue weighted by molar-refractivity contribution is 7.71. The van der Waals surface area contributed by atoms with Gasteiger partial charge in [-0.25, -0.2) is 4.99 Å². The van der Waals surface area contributed by atoms with Crippen molar-refractivity contribution in [2.75, 3.05) is 12.8 Å². The molecule has 3 heteroatoms. The van der Waals surface area contributed by atoms with E-state index in [1.807, 2.05) is 0 Å². The van der Waals surface area contributed by atoms with Crippen LogP contribution in [-0.2, 0) is 4.74 Å². The van der Waals surface area contributed by atoms with Gasteiger partial charge in [0.25, 0.3) is 0 Å². The van der Waals surface area contributed by atoms with E-state index in [9.17, 15) is 0 Å². The van der Waals surface area contributed by atoms with Crippen molar-refractivity contribution in [3.8, 4) is 0 Å². The molecule has 0 aliphatic carbocycles. The third-order valence-electron chi connectivity index (χ3n) is 7.26. The van der Waals surface area contributed by atoms with Crippen LogP contribution >= 0.6 is 7.92 Å². The molecule has 2 aromatic carbocycles. The van der Waals surface area contributed by atoms with Crippen molar-refractivity contribution in [1.82, 2.24) is 0 Å². The number of benzene rings is 2. The number of nitrogens with zero attached hydrogens (tertiary/aromatic N) is 1. The molecule has 1 unspecified atom stereocenters. The fraction of sp³-hybridized carbons (Fsp3) is 0.423. The molecule has 2 bridgehead atoms. The maximum Gasteiger partial charge on any atom is 0.192 e. The molecular formula is C26H30NOP. The molecule has 0 radical (unpaired) electrons. The minimum absolute atomic E-state index is 0.171. The Balaban J connectivity index is 1.65. The van der Waals surface area contributed by atoms with E-state index in [2.05, 4.69) is 88.4 Å². The first-order valence-corrected chi connectivity index (χ1v) is 12.4. The third kappa shape index (κ3) is 2.91. The molecule has 3 aliphatic heterocycles. The van der Waals surface area contributed by atoms with Crippen LogP contribution in [0.1, 0.15) is 44.7 Å². The third-order valence-corrected chi connectivity index (χ3v) is 10.6. The normalized spacial score (nSPS) is 33.3. The lowest BCUT2D eigenvalue weighted by Crippen LogP contribution is -2.34. The highest BCUT2D eigenvalue weighted by atomic mass is 31.1. The molecule has 1 fully saturated rings. The highest BCUT2D eigenvalue weighted by Crippen LogP contribution is 2.78. The molecule has 0 saturated carbocycles. The second-order valence-electron chi connectivity index (χ2n) is 9.31. The van der Waals surface area contributed by atoms with Gasteiger partial charge >= 0.3 is 0 Å². The Morgan fingerprint density at radius 1 is 1.03 bits per heavy atom. The standard InChI is InChI=1S/C26H30NOP/c1-17(2)21-15-28-25(27-21)24-22(19-11-7-5-8-12-19)26(4)16-29(24)23(18(26)3)20-13-9-6-10-14-20/h5-14,17,21-22,24H,15-16H2,1-4H3/t21?,22-,24-,26-,29+/m1/s1. The maximum atomic E-state index is 6.32. The van der Waals surface area contributed by atoms with Gasteiger partial charge in [0, 0.05) is 11.3 Å². The summed E-state index contributed by atoms with van der Waals surface area (Å²) in [7, 11) is -0.348. The average Bonchev–Trinajstić information content (AvgIpc) is 3.39. The van der Waals surface area contributed by atoms with Crippen LogP contribution in [0.3, 0.4) is 0 Å². The Hall–Kier alpha value is -1.92. The van der Waals surface area contributed by atoms with Crippen molar-refractivity contribution < 1.29 is 4.74 Å². The first-order chi connectivity index (χ1) is 14.0. The monoisotopic (exact) mass is 403 g/mol. The van der Waals surface area contributed by atoms with Gasteiger partial charge < -0.3 is 4.74 Å². The second kappa shape index (κ2) is 7.10. The van der Waals surface area contributed by atoms with Gasteiger partial charge in [-0.3, -0.25) is 0 Å². The Morgan fingerprint density at radius 2 is 1.69 bits per heavy atom. The van der Waals surface area contributed by atoms with Crippen molar-refractivity contribution in [3.05, 3.63) is 77.4 Å². The van der Waals surface area contributed by atoms with Crippen LogP contribution in [0.4, 0.5) is 0 Å². The number of allylic oxidation sites excluding steroid dienone is 1. The molecule has 3 heterocycles. The summed E-state index contributed by atoms with van der Waals surface area (Å²) < 4.78 is 6.32. The van der Waals surface area contributed by atoms with Crippen LogP contribution in [0.5, 0.6) is 0 Å². The molecule has 5 rings (SSSR count). The summed E-state index contributed by atoms with van der Waals surface area (Å²) in [5, 5.41) is 1.60. The zero-order valence-electron chi connectivity index (χ0n) is 17.8. The lowest BCUT2D eigenvalue weighted by atomic mass is 9.68. The van der Waals surface area contributed by atoms with Crippen molar-refractivity contribution >= 4 is 19.1 Å². The Labute approximate surface area is 175 Å². The Morgan fingerprint density at radius 3 is 2.31 bits per heavy atom. The fourth-order valence-electron chi connectivity index (χ4n) is 5.51. The molecule has 1 saturated heterocycles. The molecule has 2 nitrogen and oxygen atoms in total. The lowest BCUT2D eigenvalue weighted by molar-refractivity contribution is 0.279. The Bertz CT molecular complexity index is 965. The van der Waals surface area contributed by atoms with Crippen molar-refractivity contribution in [1.29, 1.82) is 0 Å². The van der Waals surface area contributed by atoms with E-state index < -0.39 is 0 Å². The van der Waals surface area contributed by atoms with Crippen LogP contribution in [0.2, 0.25) is 0 Å². The number of fused-ring (bicyclic) bond motifs is 2. The number of hydrogen-bond acceptors (Lipinski definition) is 2. The summed E-state index contributed by atoms with van der Waals surface area (Å²) in [5.74, 6) is 2.01. The summed E-state index contributed by atoms with van der Waals surface area (Å²) in [4.78, 5) is 5.14. The predicted octanol–water partition coefficient (Wildman–Crippen LogP) is 6.54. The Kier molecular flexibility index (Phi) is 4.67. The molecule has 0 N–H and O–H groups in total. The van der Waals surface area contributed by atoms with Gasteiger partial charge in [-0.1, -0.05) is 94.9 Å². The number of hydrogen-bond donors (Lipinski definition) is 0. The zero-order chi connectivity index (χ0) is 20.2. The lowest BCUT2D eigenvalue weighted by Gasteiger charge is -2.39. The van der Waals surface area contributed by atoms with E-state index in [4.69, 9.17) is 9.73 Å². The smallest absolute Gasteiger partial charge is 0.192 e. The highest BCUT2D eigenvalue weighted by Gasteiger charge is 2.61. The van der Waals surface area contributed by atoms with Crippen LogP contribution < -0.4 is 0 Å². The van der Waals surface area contributed by atoms with Gasteiger partial charge in [0.15, 0.2) is 5.90 Å². The van der Waals surface area contributed by atoms with Gasteiger partial charge in [-0.15, -0.1) is 0 Å². The molecule has 0 spiro atoms. The first-order valence-electron chi connectivity index (χ1n) is 10.8. The van der Waals surface area contributed by atoms with Crippen LogP contribution in [-0.4, -0.2) is 30.4 Å². The van der Waals surface area contributed by atoms with E-state index in [1.54, 1.807) is 10.9 Å². The molecule has 5 atom stereocenters. The summed E-state index contributed by atoms with van der Waals surface area (Å²) in [5.41, 5.74) is 4.98. The average molecular weight is 404 g/mol. The molecular weight excluding hydrogens is 373 g/mol. The zero-order valence-corrected chi connectivity index (χ0v) is 18.7. The summed E-state index contributed by atoms with van der Waals surface area (Å²) >= 11 is 0. The second-order valence-corrected chi connectivity index (χ2v) is 11.6. The van der Waals surface area contributed by atoms with Crippen molar-refractivity contribution in [2.24, 2.45) is 16.3 Å². The number of aliphatic imine (C=N–C) groups is 1. The van der Waals surface area contributed by atoms with Crippen molar-refractivity contribution in [2.45, 2.75) is 45.3 Å². The summed E-state index contributed by atoms with van der Waals surface area (Å²) in [6.07, 6.45) is 1.25. The van der Waals surface area contributed by atoms with Crippen LogP contribution in [0, 0.1) is 11.3 Å². The van der Waals surface area contributed by atoms with Crippen LogP contribution in [0.25, 0.3) is 5.31 Å². The predicted molar refractivity (Wildman–Crippen MR) is 124 cm³/mol. The summed E-state index contributed by atoms with van der Waals surface area (Å²) in [6, 6.07) is 22.4. The number of rotatable bonds is 4. The topological polar surface area (TPSA) is 21.6 Å². The minimum Gasteiger partial charge on any atom is -0.478 e. The quantitative estimate of drug-likeness (QED) is 0.531. The van der Waals surface area contributed by atoms with E-state index in [-0.39, 0.29) is 13.3 Å². The molecule has 29 heavy (non-hydrogen) atoms. The fourth-order valence-corrected chi connectivity index (χ4v) is 9.72. The molecule has 0 aromatic heterocycles. The van der Waals surface area contributed by atoms with Gasteiger partial charge in [-0.2, -0.15) is 0 Å². The van der Waals surface area contributed by atoms with E-state index >= 15 is 0 Å². The minimum atomic E-state index is -0.348. The van der Waals surface area contributed by atoms with Gasteiger partial charge in [-0.05, 0) is 35.4 Å². The van der Waals surface area contributed by atoms with Gasteiger partial charge in [0.1, 0.15) is 6.61 Å². The van der Waals surface area contributed by atoms with Crippen molar-refractivity contribution in [3.63, 3.8) is 0 Å². The molecule has 0 amide bonds. The van der Waals surface area contributed by atoms with Gasteiger partial charge in [0.2, 0.25) is 0 Å². The van der Waals surface area contributed by atoms with Crippen LogP contribution in [0.15, 0.2) is 71.2 Å². The molecule has 3 aliphatic rings. The SMILES string of the molecule is CC1=C(c2ccccc2)[P@]2C[C@@]1(C)[C@H](c1ccccc1)[C@@H]2C1=NC(C(C)C)CO1. The van der Waals surface area contributed by atoms with E-state index in [0.29, 0.717) is 23.5 Å². The number of ether oxygens (including phenoxy) is 1. The largest absolute Gasteiger partial charge is 0.478 e. The molecule has 2 aromatic rings. The summed E-state index contributed by atoms with van der Waals surface area (Å²) in [6.45, 7) is 10.1. The molecule has 150 valence electrons. The first kappa shape index (κ1) is 19.1. The van der Waals surface area contributed by atoms with Gasteiger partial charge in [0.05, 0.1) is 11.7 Å². The van der Waals surface area contributed by atoms with E-state index in [1.165, 1.54) is 17.3 Å².